The van der Waals surface area contributed by atoms with Gasteiger partial charge in [-0.2, -0.15) is 0 Å². The van der Waals surface area contributed by atoms with E-state index in [2.05, 4.69) is 0 Å². The van der Waals surface area contributed by atoms with E-state index in [1.165, 1.54) is 0 Å². The monoisotopic (exact) mass is 256 g/mol. The van der Waals surface area contributed by atoms with E-state index in [1.54, 1.807) is 6.92 Å². The minimum absolute atomic E-state index is 0.280. The quantitative estimate of drug-likeness (QED) is 0.772. The zero-order chi connectivity index (χ0) is 14.4. The molecule has 1 saturated carbocycles. The molecular weight excluding hydrogens is 232 g/mol. The zero-order valence-electron chi connectivity index (χ0n) is 12.2. The standard InChI is InChI=1S/C14H24O4/c1-12(2,3)18-10(15)9-7-8-14(6,11(16)17)13(9,4)5/h9H,7-8H2,1-6H3,(H,16,17). The fourth-order valence-electron chi connectivity index (χ4n) is 2.67. The summed E-state index contributed by atoms with van der Waals surface area (Å²) in [7, 11) is 0. The Bertz CT molecular complexity index is 364. The lowest BCUT2D eigenvalue weighted by atomic mass is 9.66. The van der Waals surface area contributed by atoms with Gasteiger partial charge in [0.25, 0.3) is 0 Å². The van der Waals surface area contributed by atoms with Gasteiger partial charge in [-0.3, -0.25) is 9.59 Å². The van der Waals surface area contributed by atoms with Crippen LogP contribution in [0.2, 0.25) is 0 Å². The Morgan fingerprint density at radius 2 is 1.72 bits per heavy atom. The van der Waals surface area contributed by atoms with Crippen molar-refractivity contribution in [3.8, 4) is 0 Å². The number of hydrogen-bond acceptors (Lipinski definition) is 3. The summed E-state index contributed by atoms with van der Waals surface area (Å²) in [6.45, 7) is 10.9. The Morgan fingerprint density at radius 1 is 1.22 bits per heavy atom. The molecule has 1 aliphatic rings. The van der Waals surface area contributed by atoms with Gasteiger partial charge in [0, 0.05) is 0 Å². The summed E-state index contributed by atoms with van der Waals surface area (Å²) in [4.78, 5) is 23.6. The first-order valence-electron chi connectivity index (χ1n) is 6.38. The van der Waals surface area contributed by atoms with E-state index in [4.69, 9.17) is 4.74 Å². The molecule has 2 atom stereocenters. The van der Waals surface area contributed by atoms with Crippen molar-refractivity contribution in [2.45, 2.75) is 60.0 Å². The first-order chi connectivity index (χ1) is 7.92. The molecule has 2 unspecified atom stereocenters. The lowest BCUT2D eigenvalue weighted by Gasteiger charge is -2.38. The summed E-state index contributed by atoms with van der Waals surface area (Å²) < 4.78 is 5.40. The van der Waals surface area contributed by atoms with Crippen molar-refractivity contribution in [3.05, 3.63) is 0 Å². The molecule has 1 rings (SSSR count). The molecule has 1 aliphatic carbocycles. The molecule has 0 aliphatic heterocycles. The van der Waals surface area contributed by atoms with Crippen molar-refractivity contribution >= 4 is 11.9 Å². The van der Waals surface area contributed by atoms with Crippen LogP contribution in [0.3, 0.4) is 0 Å². The molecule has 0 spiro atoms. The Labute approximate surface area is 109 Å². The number of rotatable bonds is 2. The van der Waals surface area contributed by atoms with Crippen LogP contribution in [0.5, 0.6) is 0 Å². The first-order valence-corrected chi connectivity index (χ1v) is 6.38. The first kappa shape index (κ1) is 15.0. The second-order valence-corrected chi connectivity index (χ2v) is 6.98. The molecule has 104 valence electrons. The van der Waals surface area contributed by atoms with E-state index in [9.17, 15) is 14.7 Å². The van der Waals surface area contributed by atoms with Crippen LogP contribution in [0, 0.1) is 16.7 Å². The smallest absolute Gasteiger partial charge is 0.310 e. The maximum atomic E-state index is 12.2. The van der Waals surface area contributed by atoms with Crippen molar-refractivity contribution in [1.29, 1.82) is 0 Å². The largest absolute Gasteiger partial charge is 0.481 e. The van der Waals surface area contributed by atoms with Gasteiger partial charge < -0.3 is 9.84 Å². The Balaban J connectivity index is 2.95. The summed E-state index contributed by atoms with van der Waals surface area (Å²) in [6, 6.07) is 0. The average Bonchev–Trinajstić information content (AvgIpc) is 2.36. The number of carbonyl (C=O) groups excluding carboxylic acids is 1. The second-order valence-electron chi connectivity index (χ2n) is 6.98. The van der Waals surface area contributed by atoms with Crippen LogP contribution in [-0.4, -0.2) is 22.6 Å². The van der Waals surface area contributed by atoms with Gasteiger partial charge in [0.05, 0.1) is 11.3 Å². The highest BCUT2D eigenvalue weighted by Gasteiger charge is 2.59. The second kappa shape index (κ2) is 4.25. The maximum Gasteiger partial charge on any atom is 0.310 e. The van der Waals surface area contributed by atoms with Gasteiger partial charge in [0.2, 0.25) is 0 Å². The van der Waals surface area contributed by atoms with Gasteiger partial charge in [-0.25, -0.2) is 0 Å². The number of hydrogen-bond donors (Lipinski definition) is 1. The number of carboxylic acid groups (broad SMARTS) is 1. The molecule has 0 aromatic carbocycles. The highest BCUT2D eigenvalue weighted by molar-refractivity contribution is 5.81. The predicted molar refractivity (Wildman–Crippen MR) is 68.1 cm³/mol. The summed E-state index contributed by atoms with van der Waals surface area (Å²) in [5.41, 5.74) is -1.99. The van der Waals surface area contributed by atoms with Crippen molar-refractivity contribution in [2.75, 3.05) is 0 Å². The molecular formula is C14H24O4. The van der Waals surface area contributed by atoms with Gasteiger partial charge >= 0.3 is 11.9 Å². The van der Waals surface area contributed by atoms with Crippen molar-refractivity contribution in [2.24, 2.45) is 16.7 Å². The molecule has 0 saturated heterocycles. The molecule has 1 fully saturated rings. The summed E-state index contributed by atoms with van der Waals surface area (Å²) in [5, 5.41) is 9.39. The van der Waals surface area contributed by atoms with Crippen LogP contribution in [-0.2, 0) is 14.3 Å². The Kier molecular flexibility index (Phi) is 3.54. The topological polar surface area (TPSA) is 63.6 Å². The van der Waals surface area contributed by atoms with E-state index < -0.39 is 22.4 Å². The number of aliphatic carboxylic acids is 1. The van der Waals surface area contributed by atoms with Crippen LogP contribution < -0.4 is 0 Å². The molecule has 4 nitrogen and oxygen atoms in total. The number of esters is 1. The molecule has 0 amide bonds. The average molecular weight is 256 g/mol. The lowest BCUT2D eigenvalue weighted by Crippen LogP contribution is -2.44. The minimum atomic E-state index is -0.866. The highest BCUT2D eigenvalue weighted by atomic mass is 16.6. The normalized spacial score (nSPS) is 31.1. The van der Waals surface area contributed by atoms with Gasteiger partial charge in [0.1, 0.15) is 5.60 Å². The number of carbonyl (C=O) groups is 2. The number of ether oxygens (including phenoxy) is 1. The van der Waals surface area contributed by atoms with Crippen LogP contribution in [0.4, 0.5) is 0 Å². The van der Waals surface area contributed by atoms with E-state index in [0.29, 0.717) is 12.8 Å². The number of carboxylic acids is 1. The molecule has 0 bridgehead atoms. The van der Waals surface area contributed by atoms with Crippen molar-refractivity contribution < 1.29 is 19.4 Å². The lowest BCUT2D eigenvalue weighted by molar-refractivity contribution is -0.167. The highest BCUT2D eigenvalue weighted by Crippen LogP contribution is 2.56. The molecule has 4 heteroatoms. The van der Waals surface area contributed by atoms with Crippen LogP contribution in [0.25, 0.3) is 0 Å². The fraction of sp³-hybridized carbons (Fsp3) is 0.857. The van der Waals surface area contributed by atoms with Gasteiger partial charge in [-0.1, -0.05) is 13.8 Å². The van der Waals surface area contributed by atoms with E-state index >= 15 is 0 Å². The Hall–Kier alpha value is -1.06. The van der Waals surface area contributed by atoms with Crippen LogP contribution in [0.15, 0.2) is 0 Å². The summed E-state index contributed by atoms with van der Waals surface area (Å²) in [6.07, 6.45) is 1.09. The van der Waals surface area contributed by atoms with Gasteiger partial charge in [0.15, 0.2) is 0 Å². The molecule has 1 N–H and O–H groups in total. The molecule has 0 radical (unpaired) electrons. The van der Waals surface area contributed by atoms with E-state index in [-0.39, 0.29) is 11.9 Å². The third-order valence-electron chi connectivity index (χ3n) is 4.39. The van der Waals surface area contributed by atoms with Gasteiger partial charge in [-0.15, -0.1) is 0 Å². The molecule has 18 heavy (non-hydrogen) atoms. The predicted octanol–water partition coefficient (Wildman–Crippen LogP) is 2.86. The third-order valence-corrected chi connectivity index (χ3v) is 4.39. The van der Waals surface area contributed by atoms with Gasteiger partial charge in [-0.05, 0) is 46.0 Å². The minimum Gasteiger partial charge on any atom is -0.481 e. The van der Waals surface area contributed by atoms with Crippen LogP contribution >= 0.6 is 0 Å². The fourth-order valence-corrected chi connectivity index (χ4v) is 2.67. The third kappa shape index (κ3) is 2.38. The SMILES string of the molecule is CC(C)(C)OC(=O)C1CCC(C)(C(=O)O)C1(C)C. The van der Waals surface area contributed by atoms with E-state index in [1.807, 2.05) is 34.6 Å². The maximum absolute atomic E-state index is 12.2. The van der Waals surface area contributed by atoms with Crippen molar-refractivity contribution in [3.63, 3.8) is 0 Å². The van der Waals surface area contributed by atoms with E-state index in [0.717, 1.165) is 0 Å². The van der Waals surface area contributed by atoms with Crippen molar-refractivity contribution in [1.82, 2.24) is 0 Å². The van der Waals surface area contributed by atoms with Crippen LogP contribution in [0.1, 0.15) is 54.4 Å². The zero-order valence-corrected chi connectivity index (χ0v) is 12.2. The molecule has 0 aromatic rings. The Morgan fingerprint density at radius 3 is 2.06 bits per heavy atom. The summed E-state index contributed by atoms with van der Waals surface area (Å²) >= 11 is 0. The summed E-state index contributed by atoms with van der Waals surface area (Å²) in [5.74, 6) is -1.46. The molecule has 0 heterocycles. The molecule has 0 aromatic heterocycles.